The van der Waals surface area contributed by atoms with E-state index in [2.05, 4.69) is 25.6 Å². The van der Waals surface area contributed by atoms with Crippen LogP contribution in [0.3, 0.4) is 0 Å². The van der Waals surface area contributed by atoms with Crippen LogP contribution in [0.2, 0.25) is 0 Å². The SMILES string of the molecule is COc1ccc(NC(C)=O)cc1NC(=O)C1=NC(c2cccnc2)CN=C1N. The van der Waals surface area contributed by atoms with Crippen LogP contribution in [0.1, 0.15) is 18.5 Å². The van der Waals surface area contributed by atoms with Crippen molar-refractivity contribution in [1.29, 1.82) is 0 Å². The van der Waals surface area contributed by atoms with Gasteiger partial charge in [-0.05, 0) is 29.8 Å². The number of hydrogen-bond donors (Lipinski definition) is 3. The van der Waals surface area contributed by atoms with E-state index in [1.807, 2.05) is 6.07 Å². The molecule has 1 atom stereocenters. The standard InChI is InChI=1S/C19H20N6O3/c1-11(26)23-13-5-6-16(28-2)14(8-13)25-19(27)17-18(20)22-10-15(24-17)12-4-3-7-21-9-12/h3-9,15H,10H2,1-2H3,(H2,20,22)(H,23,26)(H,25,27). The maximum absolute atomic E-state index is 12.8. The Balaban J connectivity index is 1.86. The highest BCUT2D eigenvalue weighted by atomic mass is 16.5. The van der Waals surface area contributed by atoms with E-state index in [1.165, 1.54) is 14.0 Å². The molecule has 0 saturated heterocycles. The number of anilines is 2. The molecule has 0 radical (unpaired) electrons. The van der Waals surface area contributed by atoms with Crippen molar-refractivity contribution in [2.75, 3.05) is 24.3 Å². The number of nitrogens with zero attached hydrogens (tertiary/aromatic N) is 3. The number of aromatic nitrogens is 1. The number of carbonyl (C=O) groups is 2. The first-order valence-electron chi connectivity index (χ1n) is 8.53. The van der Waals surface area contributed by atoms with Gasteiger partial charge in [-0.2, -0.15) is 0 Å². The fourth-order valence-corrected chi connectivity index (χ4v) is 2.72. The quantitative estimate of drug-likeness (QED) is 0.724. The normalized spacial score (nSPS) is 15.9. The molecule has 0 fully saturated rings. The van der Waals surface area contributed by atoms with E-state index in [-0.39, 0.29) is 23.5 Å². The lowest BCUT2D eigenvalue weighted by atomic mass is 10.1. The van der Waals surface area contributed by atoms with Gasteiger partial charge in [0.2, 0.25) is 5.91 Å². The maximum Gasteiger partial charge on any atom is 0.277 e. The zero-order valence-electron chi connectivity index (χ0n) is 15.5. The van der Waals surface area contributed by atoms with E-state index in [4.69, 9.17) is 10.5 Å². The molecule has 9 heteroatoms. The van der Waals surface area contributed by atoms with Crippen molar-refractivity contribution in [3.05, 3.63) is 48.3 Å². The Morgan fingerprint density at radius 2 is 2.07 bits per heavy atom. The van der Waals surface area contributed by atoms with E-state index in [1.54, 1.807) is 36.7 Å². The van der Waals surface area contributed by atoms with Crippen LogP contribution < -0.4 is 21.1 Å². The zero-order chi connectivity index (χ0) is 20.1. The second-order valence-electron chi connectivity index (χ2n) is 6.06. The number of methoxy groups -OCH3 is 1. The monoisotopic (exact) mass is 380 g/mol. The van der Waals surface area contributed by atoms with Crippen molar-refractivity contribution in [3.8, 4) is 5.75 Å². The predicted octanol–water partition coefficient (Wildman–Crippen LogP) is 1.54. The Morgan fingerprint density at radius 1 is 1.25 bits per heavy atom. The second-order valence-corrected chi connectivity index (χ2v) is 6.06. The largest absolute Gasteiger partial charge is 0.495 e. The Morgan fingerprint density at radius 3 is 2.75 bits per heavy atom. The van der Waals surface area contributed by atoms with Crippen LogP contribution in [-0.2, 0) is 9.59 Å². The molecular formula is C19H20N6O3. The number of carbonyl (C=O) groups excluding carboxylic acids is 2. The number of ether oxygens (including phenoxy) is 1. The van der Waals surface area contributed by atoms with Gasteiger partial charge >= 0.3 is 0 Å². The number of hydrogen-bond acceptors (Lipinski definition) is 7. The molecule has 28 heavy (non-hydrogen) atoms. The fourth-order valence-electron chi connectivity index (χ4n) is 2.72. The lowest BCUT2D eigenvalue weighted by Gasteiger charge is -2.19. The Labute approximate surface area is 161 Å². The van der Waals surface area contributed by atoms with Gasteiger partial charge < -0.3 is 21.1 Å². The highest BCUT2D eigenvalue weighted by Gasteiger charge is 2.24. The molecule has 9 nitrogen and oxygen atoms in total. The van der Waals surface area contributed by atoms with Crippen LogP contribution in [-0.4, -0.2) is 42.0 Å². The molecule has 1 aromatic heterocycles. The molecular weight excluding hydrogens is 360 g/mol. The molecule has 1 aromatic carbocycles. The van der Waals surface area contributed by atoms with Gasteiger partial charge in [0.25, 0.3) is 5.91 Å². The molecule has 0 aliphatic carbocycles. The fraction of sp³-hybridized carbons (Fsp3) is 0.211. The second kappa shape index (κ2) is 8.30. The van der Waals surface area contributed by atoms with Crippen molar-refractivity contribution >= 4 is 34.7 Å². The first-order valence-corrected chi connectivity index (χ1v) is 8.53. The van der Waals surface area contributed by atoms with Crippen molar-refractivity contribution in [3.63, 3.8) is 0 Å². The van der Waals surface area contributed by atoms with Gasteiger partial charge in [-0.25, -0.2) is 0 Å². The minimum atomic E-state index is -0.520. The topological polar surface area (TPSA) is 131 Å². The average Bonchev–Trinajstić information content (AvgIpc) is 2.68. The van der Waals surface area contributed by atoms with E-state index in [0.29, 0.717) is 23.7 Å². The summed E-state index contributed by atoms with van der Waals surface area (Å²) < 4.78 is 5.27. The number of pyridine rings is 1. The molecule has 2 heterocycles. The van der Waals surface area contributed by atoms with Crippen molar-refractivity contribution in [2.24, 2.45) is 15.7 Å². The number of nitrogens with two attached hydrogens (primary N) is 1. The van der Waals surface area contributed by atoms with Gasteiger partial charge in [0.1, 0.15) is 11.6 Å². The Hall–Kier alpha value is -3.75. The van der Waals surface area contributed by atoms with Crippen LogP contribution >= 0.6 is 0 Å². The highest BCUT2D eigenvalue weighted by Crippen LogP contribution is 2.28. The van der Waals surface area contributed by atoms with Crippen molar-refractivity contribution in [1.82, 2.24) is 4.98 Å². The number of rotatable bonds is 5. The maximum atomic E-state index is 12.8. The molecule has 4 N–H and O–H groups in total. The van der Waals surface area contributed by atoms with Gasteiger partial charge in [0.15, 0.2) is 5.71 Å². The molecule has 2 amide bonds. The van der Waals surface area contributed by atoms with E-state index < -0.39 is 5.91 Å². The molecule has 1 aliphatic heterocycles. The minimum Gasteiger partial charge on any atom is -0.495 e. The summed E-state index contributed by atoms with van der Waals surface area (Å²) in [4.78, 5) is 36.8. The molecule has 144 valence electrons. The Kier molecular flexibility index (Phi) is 5.64. The average molecular weight is 380 g/mol. The van der Waals surface area contributed by atoms with Crippen LogP contribution in [0.15, 0.2) is 52.7 Å². The summed E-state index contributed by atoms with van der Waals surface area (Å²) in [6, 6.07) is 8.22. The summed E-state index contributed by atoms with van der Waals surface area (Å²) in [5.41, 5.74) is 7.66. The summed E-state index contributed by atoms with van der Waals surface area (Å²) >= 11 is 0. The minimum absolute atomic E-state index is 0.0343. The third kappa shape index (κ3) is 4.32. The predicted molar refractivity (Wildman–Crippen MR) is 107 cm³/mol. The first kappa shape index (κ1) is 19.0. The summed E-state index contributed by atoms with van der Waals surface area (Å²) in [7, 11) is 1.48. The molecule has 0 bridgehead atoms. The number of benzene rings is 1. The van der Waals surface area contributed by atoms with Gasteiger partial charge in [-0.1, -0.05) is 6.07 Å². The van der Waals surface area contributed by atoms with E-state index in [9.17, 15) is 9.59 Å². The lowest BCUT2D eigenvalue weighted by molar-refractivity contribution is -0.114. The zero-order valence-corrected chi connectivity index (χ0v) is 15.5. The number of nitrogens with one attached hydrogen (secondary N) is 2. The van der Waals surface area contributed by atoms with Gasteiger partial charge in [0, 0.05) is 25.0 Å². The first-order chi connectivity index (χ1) is 13.5. The summed E-state index contributed by atoms with van der Waals surface area (Å²) in [5.74, 6) is -0.254. The smallest absolute Gasteiger partial charge is 0.277 e. The van der Waals surface area contributed by atoms with Crippen LogP contribution in [0.5, 0.6) is 5.75 Å². The molecule has 1 unspecified atom stereocenters. The molecule has 1 aliphatic rings. The number of aliphatic imine (C=N–C) groups is 2. The Bertz CT molecular complexity index is 955. The van der Waals surface area contributed by atoms with Crippen molar-refractivity contribution in [2.45, 2.75) is 13.0 Å². The summed E-state index contributed by atoms with van der Waals surface area (Å²) in [6.07, 6.45) is 3.34. The van der Waals surface area contributed by atoms with Gasteiger partial charge in [0.05, 0.1) is 25.4 Å². The molecule has 3 rings (SSSR count). The van der Waals surface area contributed by atoms with Gasteiger partial charge in [-0.15, -0.1) is 0 Å². The molecule has 2 aromatic rings. The molecule has 0 spiro atoms. The lowest BCUT2D eigenvalue weighted by Crippen LogP contribution is -2.38. The van der Waals surface area contributed by atoms with Crippen LogP contribution in [0, 0.1) is 0 Å². The van der Waals surface area contributed by atoms with Crippen LogP contribution in [0.4, 0.5) is 11.4 Å². The number of amides is 2. The molecule has 0 saturated carbocycles. The van der Waals surface area contributed by atoms with Gasteiger partial charge in [-0.3, -0.25) is 24.6 Å². The third-order valence-electron chi connectivity index (χ3n) is 4.01. The van der Waals surface area contributed by atoms with Crippen LogP contribution in [0.25, 0.3) is 0 Å². The van der Waals surface area contributed by atoms with E-state index >= 15 is 0 Å². The van der Waals surface area contributed by atoms with Crippen molar-refractivity contribution < 1.29 is 14.3 Å². The summed E-state index contributed by atoms with van der Waals surface area (Å²) in [6.45, 7) is 1.74. The third-order valence-corrected chi connectivity index (χ3v) is 4.01. The number of amidine groups is 1. The highest BCUT2D eigenvalue weighted by molar-refractivity contribution is 6.68. The van der Waals surface area contributed by atoms with E-state index in [0.717, 1.165) is 5.56 Å². The summed E-state index contributed by atoms with van der Waals surface area (Å²) in [5, 5.41) is 5.38.